The third-order valence-corrected chi connectivity index (χ3v) is 4.85. The van der Waals surface area contributed by atoms with E-state index in [2.05, 4.69) is 15.2 Å². The first-order chi connectivity index (χ1) is 12.3. The highest BCUT2D eigenvalue weighted by molar-refractivity contribution is 14.0. The third-order valence-electron chi connectivity index (χ3n) is 4.85. The number of phenolic OH excluding ortho intramolecular Hbond substituents is 1. The van der Waals surface area contributed by atoms with E-state index in [1.807, 2.05) is 19.2 Å². The van der Waals surface area contributed by atoms with Gasteiger partial charge in [0.1, 0.15) is 11.9 Å². The van der Waals surface area contributed by atoms with Crippen molar-refractivity contribution in [1.29, 1.82) is 0 Å². The maximum Gasteiger partial charge on any atom is 0.193 e. The van der Waals surface area contributed by atoms with E-state index in [0.29, 0.717) is 5.75 Å². The Morgan fingerprint density at radius 3 is 2.69 bits per heavy atom. The molecule has 2 aliphatic rings. The van der Waals surface area contributed by atoms with E-state index in [9.17, 15) is 5.11 Å². The monoisotopic (exact) mass is 475 g/mol. The number of aromatic hydroxyl groups is 1. The van der Waals surface area contributed by atoms with Crippen LogP contribution in [0.15, 0.2) is 29.3 Å². The summed E-state index contributed by atoms with van der Waals surface area (Å²) >= 11 is 0. The van der Waals surface area contributed by atoms with Gasteiger partial charge in [0, 0.05) is 33.3 Å². The zero-order valence-electron chi connectivity index (χ0n) is 15.4. The molecule has 0 radical (unpaired) electrons. The Labute approximate surface area is 173 Å². The molecule has 0 saturated carbocycles. The van der Waals surface area contributed by atoms with Gasteiger partial charge in [0.15, 0.2) is 5.96 Å². The van der Waals surface area contributed by atoms with Crippen LogP contribution in [0, 0.1) is 0 Å². The summed E-state index contributed by atoms with van der Waals surface area (Å²) in [6.07, 6.45) is 4.60. The molecule has 2 fully saturated rings. The van der Waals surface area contributed by atoms with Crippen molar-refractivity contribution in [3.63, 3.8) is 0 Å². The maximum absolute atomic E-state index is 9.32. The van der Waals surface area contributed by atoms with Gasteiger partial charge in [0.05, 0.1) is 12.7 Å². The number of guanidine groups is 1. The van der Waals surface area contributed by atoms with Gasteiger partial charge in [-0.2, -0.15) is 0 Å². The first-order valence-corrected chi connectivity index (χ1v) is 9.23. The van der Waals surface area contributed by atoms with E-state index < -0.39 is 0 Å². The first kappa shape index (κ1) is 21.2. The maximum atomic E-state index is 9.32. The van der Waals surface area contributed by atoms with Crippen molar-refractivity contribution in [3.05, 3.63) is 29.8 Å². The predicted octanol–water partition coefficient (Wildman–Crippen LogP) is 2.40. The van der Waals surface area contributed by atoms with E-state index in [4.69, 9.17) is 9.47 Å². The highest BCUT2D eigenvalue weighted by Crippen LogP contribution is 2.21. The molecule has 6 nitrogen and oxygen atoms in total. The Hall–Kier alpha value is -1.06. The highest BCUT2D eigenvalue weighted by atomic mass is 127. The van der Waals surface area contributed by atoms with Crippen molar-refractivity contribution in [2.75, 3.05) is 39.9 Å². The summed E-state index contributed by atoms with van der Waals surface area (Å²) < 4.78 is 11.7. The lowest BCUT2D eigenvalue weighted by atomic mass is 10.1. The van der Waals surface area contributed by atoms with Gasteiger partial charge in [0.25, 0.3) is 0 Å². The summed E-state index contributed by atoms with van der Waals surface area (Å²) in [6.45, 7) is 4.14. The number of aliphatic imine (C=N–C) groups is 1. The van der Waals surface area contributed by atoms with Crippen LogP contribution in [-0.4, -0.2) is 68.1 Å². The number of nitrogens with zero attached hydrogens (tertiary/aromatic N) is 2. The Morgan fingerprint density at radius 1 is 1.23 bits per heavy atom. The standard InChI is InChI=1S/C19H29N3O3.HI/c1-20-19(21-10-2-4-15-6-8-16(23)9-7-15)22-11-13-25-18(14-22)17-5-3-12-24-17;/h6-9,17-18,23H,2-5,10-14H2,1H3,(H,20,21);1H. The lowest BCUT2D eigenvalue weighted by Gasteiger charge is -2.37. The van der Waals surface area contributed by atoms with E-state index in [1.165, 1.54) is 5.56 Å². The molecule has 1 aromatic rings. The smallest absolute Gasteiger partial charge is 0.193 e. The molecule has 7 heteroatoms. The van der Waals surface area contributed by atoms with Crippen LogP contribution in [0.1, 0.15) is 24.8 Å². The number of morpholine rings is 1. The van der Waals surface area contributed by atoms with Crippen molar-refractivity contribution < 1.29 is 14.6 Å². The molecule has 2 saturated heterocycles. The molecule has 2 N–H and O–H groups in total. The van der Waals surface area contributed by atoms with Gasteiger partial charge in [-0.25, -0.2) is 0 Å². The quantitative estimate of drug-likeness (QED) is 0.297. The van der Waals surface area contributed by atoms with Crippen molar-refractivity contribution in [3.8, 4) is 5.75 Å². The molecular weight excluding hydrogens is 445 g/mol. The van der Waals surface area contributed by atoms with E-state index >= 15 is 0 Å². The van der Waals surface area contributed by atoms with Crippen molar-refractivity contribution in [1.82, 2.24) is 10.2 Å². The number of hydrogen-bond donors (Lipinski definition) is 2. The van der Waals surface area contributed by atoms with Crippen LogP contribution in [0.4, 0.5) is 0 Å². The van der Waals surface area contributed by atoms with Gasteiger partial charge < -0.3 is 24.8 Å². The molecule has 0 aliphatic carbocycles. The largest absolute Gasteiger partial charge is 0.508 e. The molecular formula is C19H30IN3O3. The molecule has 2 heterocycles. The van der Waals surface area contributed by atoms with Gasteiger partial charge in [-0.3, -0.25) is 4.99 Å². The minimum Gasteiger partial charge on any atom is -0.508 e. The van der Waals surface area contributed by atoms with Gasteiger partial charge in [-0.05, 0) is 43.4 Å². The van der Waals surface area contributed by atoms with Crippen LogP contribution in [0.3, 0.4) is 0 Å². The van der Waals surface area contributed by atoms with Crippen LogP contribution in [0.5, 0.6) is 5.75 Å². The fraction of sp³-hybridized carbons (Fsp3) is 0.632. The molecule has 2 aliphatic heterocycles. The fourth-order valence-corrected chi connectivity index (χ4v) is 3.48. The highest BCUT2D eigenvalue weighted by Gasteiger charge is 2.32. The number of aryl methyl sites for hydroxylation is 1. The van der Waals surface area contributed by atoms with Crippen LogP contribution < -0.4 is 5.32 Å². The topological polar surface area (TPSA) is 66.3 Å². The summed E-state index contributed by atoms with van der Waals surface area (Å²) in [5, 5.41) is 12.8. The number of halogens is 1. The molecule has 146 valence electrons. The molecule has 2 atom stereocenters. The summed E-state index contributed by atoms with van der Waals surface area (Å²) in [5.74, 6) is 1.26. The molecule has 0 bridgehead atoms. The van der Waals surface area contributed by atoms with Crippen molar-refractivity contribution in [2.24, 2.45) is 4.99 Å². The Morgan fingerprint density at radius 2 is 2.00 bits per heavy atom. The van der Waals surface area contributed by atoms with Crippen LogP contribution in [0.2, 0.25) is 0 Å². The molecule has 0 aromatic heterocycles. The second kappa shape index (κ2) is 10.9. The normalized spacial score (nSPS) is 23.6. The van der Waals surface area contributed by atoms with Crippen molar-refractivity contribution in [2.45, 2.75) is 37.9 Å². The minimum absolute atomic E-state index is 0. The van der Waals surface area contributed by atoms with E-state index in [1.54, 1.807) is 12.1 Å². The van der Waals surface area contributed by atoms with Gasteiger partial charge in [-0.15, -0.1) is 24.0 Å². The van der Waals surface area contributed by atoms with Crippen LogP contribution >= 0.6 is 24.0 Å². The fourth-order valence-electron chi connectivity index (χ4n) is 3.48. The Bertz CT molecular complexity index is 562. The third kappa shape index (κ3) is 5.99. The zero-order chi connectivity index (χ0) is 17.5. The van der Waals surface area contributed by atoms with E-state index in [-0.39, 0.29) is 36.2 Å². The lowest BCUT2D eigenvalue weighted by molar-refractivity contribution is -0.0816. The number of phenols is 1. The number of benzene rings is 1. The first-order valence-electron chi connectivity index (χ1n) is 9.23. The number of hydrogen-bond acceptors (Lipinski definition) is 4. The second-order valence-electron chi connectivity index (χ2n) is 6.65. The summed E-state index contributed by atoms with van der Waals surface area (Å²) in [6, 6.07) is 7.41. The SMILES string of the molecule is CN=C(NCCCc1ccc(O)cc1)N1CCOC(C2CCCO2)C1.I. The molecule has 0 spiro atoms. The predicted molar refractivity (Wildman–Crippen MR) is 113 cm³/mol. The molecule has 0 amide bonds. The van der Waals surface area contributed by atoms with Crippen LogP contribution in [0.25, 0.3) is 0 Å². The molecule has 26 heavy (non-hydrogen) atoms. The van der Waals surface area contributed by atoms with Crippen LogP contribution in [-0.2, 0) is 15.9 Å². The Kier molecular flexibility index (Phi) is 8.94. The van der Waals surface area contributed by atoms with Gasteiger partial charge in [0.2, 0.25) is 0 Å². The van der Waals surface area contributed by atoms with E-state index in [0.717, 1.165) is 64.5 Å². The second-order valence-corrected chi connectivity index (χ2v) is 6.65. The molecule has 1 aromatic carbocycles. The van der Waals surface area contributed by atoms with Gasteiger partial charge >= 0.3 is 0 Å². The van der Waals surface area contributed by atoms with Gasteiger partial charge in [-0.1, -0.05) is 12.1 Å². The summed E-state index contributed by atoms with van der Waals surface area (Å²) in [4.78, 5) is 6.71. The van der Waals surface area contributed by atoms with Crippen molar-refractivity contribution >= 4 is 29.9 Å². The average Bonchev–Trinajstić information content (AvgIpc) is 3.18. The Balaban J connectivity index is 0.00000243. The zero-order valence-corrected chi connectivity index (χ0v) is 17.7. The summed E-state index contributed by atoms with van der Waals surface area (Å²) in [7, 11) is 1.83. The average molecular weight is 475 g/mol. The minimum atomic E-state index is 0. The summed E-state index contributed by atoms with van der Waals surface area (Å²) in [5.41, 5.74) is 1.24. The number of nitrogens with one attached hydrogen (secondary N) is 1. The number of rotatable bonds is 5. The number of ether oxygens (including phenoxy) is 2. The molecule has 2 unspecified atom stereocenters. The molecule has 3 rings (SSSR count). The lowest BCUT2D eigenvalue weighted by Crippen LogP contribution is -2.53.